The normalized spacial score (nSPS) is 14.9. The molecule has 3 heterocycles. The highest BCUT2D eigenvalue weighted by molar-refractivity contribution is 7.98. The second-order valence-electron chi connectivity index (χ2n) is 9.57. The summed E-state index contributed by atoms with van der Waals surface area (Å²) in [5.41, 5.74) is 7.50. The molecule has 1 unspecified atom stereocenters. The minimum absolute atomic E-state index is 0.170. The zero-order chi connectivity index (χ0) is 26.2. The highest BCUT2D eigenvalue weighted by atomic mass is 32.2. The lowest BCUT2D eigenvalue weighted by Gasteiger charge is -2.28. The van der Waals surface area contributed by atoms with Gasteiger partial charge >= 0.3 is 0 Å². The second kappa shape index (κ2) is 9.87. The minimum Gasteiger partial charge on any atom is -0.361 e. The first-order valence-corrected chi connectivity index (χ1v) is 13.5. The Labute approximate surface area is 225 Å². The van der Waals surface area contributed by atoms with Crippen LogP contribution in [0.4, 0.5) is 11.6 Å². The van der Waals surface area contributed by atoms with E-state index in [0.717, 1.165) is 44.7 Å². The van der Waals surface area contributed by atoms with Gasteiger partial charge in [-0.1, -0.05) is 78.0 Å². The average Bonchev–Trinajstić information content (AvgIpc) is 3.53. The lowest BCUT2D eigenvalue weighted by Crippen LogP contribution is -2.31. The van der Waals surface area contributed by atoms with Crippen LogP contribution in [0.1, 0.15) is 35.2 Å². The number of hydrogen-bond acceptors (Lipinski definition) is 5. The highest BCUT2D eigenvalue weighted by Gasteiger charge is 2.36. The van der Waals surface area contributed by atoms with Gasteiger partial charge in [-0.2, -0.15) is 4.98 Å². The van der Waals surface area contributed by atoms with E-state index in [9.17, 15) is 4.79 Å². The molecule has 1 amide bonds. The number of nitrogens with zero attached hydrogens (tertiary/aromatic N) is 3. The van der Waals surface area contributed by atoms with E-state index in [4.69, 9.17) is 10.1 Å². The summed E-state index contributed by atoms with van der Waals surface area (Å²) in [5.74, 6) is 1.21. The fraction of sp³-hybridized carbons (Fsp3) is 0.167. The molecular formula is C30H28N6OS. The Hall–Kier alpha value is -4.30. The summed E-state index contributed by atoms with van der Waals surface area (Å²) < 4.78 is 1.84. The molecule has 0 radical (unpaired) electrons. The minimum atomic E-state index is -0.452. The number of benzene rings is 3. The van der Waals surface area contributed by atoms with Crippen LogP contribution in [0.25, 0.3) is 10.9 Å². The molecule has 0 spiro atoms. The molecule has 1 aliphatic heterocycles. The number of aromatic amines is 1. The number of rotatable bonds is 6. The van der Waals surface area contributed by atoms with E-state index < -0.39 is 6.04 Å². The van der Waals surface area contributed by atoms with Crippen molar-refractivity contribution in [3.05, 3.63) is 113 Å². The van der Waals surface area contributed by atoms with Crippen molar-refractivity contribution in [2.24, 2.45) is 0 Å². The molecule has 0 aliphatic carbocycles. The van der Waals surface area contributed by atoms with Gasteiger partial charge in [0.05, 0.1) is 5.57 Å². The number of para-hydroxylation sites is 1. The average molecular weight is 521 g/mol. The largest absolute Gasteiger partial charge is 0.361 e. The molecule has 6 rings (SSSR count). The van der Waals surface area contributed by atoms with Crippen LogP contribution in [0.3, 0.4) is 0 Å². The van der Waals surface area contributed by atoms with Crippen molar-refractivity contribution < 1.29 is 4.79 Å². The number of thioether (sulfide) groups is 1. The van der Waals surface area contributed by atoms with Gasteiger partial charge in [-0.15, -0.1) is 5.10 Å². The number of allylic oxidation sites excluding steroid dienone is 1. The standard InChI is InChI=1S/C30H28N6OS/c1-18-13-14-24(19(2)15-18)33-28(37)26-20(3)32-29-34-30(38-17-21-9-5-4-6-10-21)35-36(29)27(26)23-16-31-25-12-8-7-11-22(23)25/h4-16,27,31H,17H2,1-3H3,(H,33,37)(H,32,34,35). The molecule has 1 atom stereocenters. The van der Waals surface area contributed by atoms with Gasteiger partial charge in [-0.25, -0.2) is 4.68 Å². The van der Waals surface area contributed by atoms with E-state index in [1.165, 1.54) is 5.56 Å². The van der Waals surface area contributed by atoms with Crippen LogP contribution in [0.5, 0.6) is 0 Å². The molecule has 7 nitrogen and oxygen atoms in total. The van der Waals surface area contributed by atoms with Crippen molar-refractivity contribution in [3.63, 3.8) is 0 Å². The first kappa shape index (κ1) is 24.1. The summed E-state index contributed by atoms with van der Waals surface area (Å²) in [6, 6.07) is 24.0. The van der Waals surface area contributed by atoms with Crippen LogP contribution in [0, 0.1) is 13.8 Å². The smallest absolute Gasteiger partial charge is 0.255 e. The predicted octanol–water partition coefficient (Wildman–Crippen LogP) is 6.60. The third-order valence-electron chi connectivity index (χ3n) is 6.83. The molecule has 0 saturated heterocycles. The number of nitrogens with one attached hydrogen (secondary N) is 3. The van der Waals surface area contributed by atoms with Crippen molar-refractivity contribution in [2.45, 2.75) is 37.7 Å². The monoisotopic (exact) mass is 520 g/mol. The van der Waals surface area contributed by atoms with Gasteiger partial charge in [0.15, 0.2) is 0 Å². The van der Waals surface area contributed by atoms with Gasteiger partial charge in [0.2, 0.25) is 11.1 Å². The van der Waals surface area contributed by atoms with E-state index in [0.29, 0.717) is 16.7 Å². The molecule has 2 aromatic heterocycles. The van der Waals surface area contributed by atoms with Gasteiger partial charge < -0.3 is 15.6 Å². The summed E-state index contributed by atoms with van der Waals surface area (Å²) in [6.45, 7) is 5.97. The maximum atomic E-state index is 13.9. The van der Waals surface area contributed by atoms with E-state index in [1.807, 2.05) is 80.2 Å². The predicted molar refractivity (Wildman–Crippen MR) is 153 cm³/mol. The summed E-state index contributed by atoms with van der Waals surface area (Å²) >= 11 is 1.58. The number of carbonyl (C=O) groups is 1. The second-order valence-corrected chi connectivity index (χ2v) is 10.5. The molecule has 38 heavy (non-hydrogen) atoms. The zero-order valence-electron chi connectivity index (χ0n) is 21.4. The van der Waals surface area contributed by atoms with Crippen molar-refractivity contribution in [2.75, 3.05) is 10.6 Å². The number of aryl methyl sites for hydroxylation is 2. The molecule has 8 heteroatoms. The van der Waals surface area contributed by atoms with Gasteiger partial charge in [-0.05, 0) is 44.0 Å². The van der Waals surface area contributed by atoms with Gasteiger partial charge in [0.1, 0.15) is 6.04 Å². The van der Waals surface area contributed by atoms with Gasteiger partial charge in [0.25, 0.3) is 5.91 Å². The molecule has 5 aromatic rings. The number of carbonyl (C=O) groups excluding carboxylic acids is 1. The summed E-state index contributed by atoms with van der Waals surface area (Å²) in [5, 5.41) is 13.1. The molecule has 0 fully saturated rings. The summed E-state index contributed by atoms with van der Waals surface area (Å²) in [4.78, 5) is 22.1. The quantitative estimate of drug-likeness (QED) is 0.220. The Morgan fingerprint density at radius 1 is 1.03 bits per heavy atom. The Morgan fingerprint density at radius 2 is 1.82 bits per heavy atom. The van der Waals surface area contributed by atoms with E-state index in [2.05, 4.69) is 39.9 Å². The highest BCUT2D eigenvalue weighted by Crippen LogP contribution is 2.39. The number of aromatic nitrogens is 4. The molecule has 1 aliphatic rings. The molecule has 0 saturated carbocycles. The van der Waals surface area contributed by atoms with Crippen molar-refractivity contribution in [1.82, 2.24) is 19.7 Å². The maximum Gasteiger partial charge on any atom is 0.255 e. The van der Waals surface area contributed by atoms with E-state index in [1.54, 1.807) is 11.8 Å². The van der Waals surface area contributed by atoms with Crippen LogP contribution in [0.15, 0.2) is 95.4 Å². The third-order valence-corrected chi connectivity index (χ3v) is 7.74. The molecule has 3 N–H and O–H groups in total. The topological polar surface area (TPSA) is 87.6 Å². The lowest BCUT2D eigenvalue weighted by atomic mass is 9.94. The Kier molecular flexibility index (Phi) is 6.25. The number of amides is 1. The molecule has 190 valence electrons. The van der Waals surface area contributed by atoms with Crippen LogP contribution >= 0.6 is 11.8 Å². The number of anilines is 2. The zero-order valence-corrected chi connectivity index (χ0v) is 22.3. The van der Waals surface area contributed by atoms with E-state index in [-0.39, 0.29) is 5.91 Å². The van der Waals surface area contributed by atoms with Crippen LogP contribution in [0.2, 0.25) is 0 Å². The first-order valence-electron chi connectivity index (χ1n) is 12.5. The lowest BCUT2D eigenvalue weighted by molar-refractivity contribution is -0.113. The summed E-state index contributed by atoms with van der Waals surface area (Å²) in [6.07, 6.45) is 1.97. The number of hydrogen-bond donors (Lipinski definition) is 3. The summed E-state index contributed by atoms with van der Waals surface area (Å²) in [7, 11) is 0. The molecular weight excluding hydrogens is 492 g/mol. The van der Waals surface area contributed by atoms with Crippen molar-refractivity contribution >= 4 is 40.2 Å². The van der Waals surface area contributed by atoms with Crippen LogP contribution < -0.4 is 10.6 Å². The van der Waals surface area contributed by atoms with Crippen LogP contribution in [-0.2, 0) is 10.5 Å². The number of fused-ring (bicyclic) bond motifs is 2. The fourth-order valence-electron chi connectivity index (χ4n) is 4.96. The molecule has 3 aromatic carbocycles. The Bertz CT molecular complexity index is 1680. The van der Waals surface area contributed by atoms with Crippen molar-refractivity contribution in [1.29, 1.82) is 0 Å². The van der Waals surface area contributed by atoms with Crippen molar-refractivity contribution in [3.8, 4) is 0 Å². The SMILES string of the molecule is CC1=C(C(=O)Nc2ccc(C)cc2C)C(c2c[nH]c3ccccc23)n2nc(SCc3ccccc3)nc2N1. The number of H-pyrrole nitrogens is 1. The van der Waals surface area contributed by atoms with E-state index >= 15 is 0 Å². The first-order chi connectivity index (χ1) is 18.5. The Morgan fingerprint density at radius 3 is 2.63 bits per heavy atom. The fourth-order valence-corrected chi connectivity index (χ4v) is 5.74. The van der Waals surface area contributed by atoms with Gasteiger partial charge in [0, 0.05) is 39.8 Å². The Balaban J connectivity index is 1.40. The maximum absolute atomic E-state index is 13.9. The molecule has 0 bridgehead atoms. The van der Waals surface area contributed by atoms with Crippen LogP contribution in [-0.4, -0.2) is 25.7 Å². The third kappa shape index (κ3) is 4.48. The van der Waals surface area contributed by atoms with Gasteiger partial charge in [-0.3, -0.25) is 4.79 Å².